The molecule has 20 heavy (non-hydrogen) atoms. The minimum Gasteiger partial charge on any atom is -0.396 e. The first kappa shape index (κ1) is 16.7. The van der Waals surface area contributed by atoms with Gasteiger partial charge in [0, 0.05) is 25.8 Å². The van der Waals surface area contributed by atoms with Crippen LogP contribution in [0.25, 0.3) is 0 Å². The molecule has 0 saturated heterocycles. The molecule has 0 aliphatic heterocycles. The minimum absolute atomic E-state index is 0.0156. The highest BCUT2D eigenvalue weighted by atomic mass is 16.3. The molecule has 4 nitrogen and oxygen atoms in total. The summed E-state index contributed by atoms with van der Waals surface area (Å²) >= 11 is 0. The van der Waals surface area contributed by atoms with Crippen molar-refractivity contribution in [2.24, 2.45) is 5.41 Å². The number of rotatable bonds is 8. The molecule has 0 spiro atoms. The van der Waals surface area contributed by atoms with Crippen molar-refractivity contribution in [3.05, 3.63) is 29.8 Å². The third-order valence-corrected chi connectivity index (χ3v) is 3.24. The monoisotopic (exact) mass is 278 g/mol. The van der Waals surface area contributed by atoms with Crippen molar-refractivity contribution in [2.45, 2.75) is 40.2 Å². The van der Waals surface area contributed by atoms with E-state index in [4.69, 9.17) is 5.11 Å². The summed E-state index contributed by atoms with van der Waals surface area (Å²) in [7, 11) is 0. The Balaban J connectivity index is 2.24. The van der Waals surface area contributed by atoms with Crippen molar-refractivity contribution in [3.8, 4) is 0 Å². The molecule has 1 amide bonds. The zero-order valence-electron chi connectivity index (χ0n) is 12.7. The maximum Gasteiger partial charge on any atom is 0.221 e. The third-order valence-electron chi connectivity index (χ3n) is 3.24. The van der Waals surface area contributed by atoms with E-state index in [1.54, 1.807) is 0 Å². The fraction of sp³-hybridized carbons (Fsp3) is 0.562. The Kier molecular flexibility index (Phi) is 6.68. The number of benzene rings is 1. The Bertz CT molecular complexity index is 413. The van der Waals surface area contributed by atoms with Crippen molar-refractivity contribution >= 4 is 11.6 Å². The standard InChI is InChI=1S/C16H26N2O2/c1-13(20)18-15-7-5-14(6-8-15)11-17-10-4-9-16(2,3)12-19/h5-8,17,19H,4,9-12H2,1-3H3,(H,18,20). The van der Waals surface area contributed by atoms with E-state index in [0.717, 1.165) is 31.6 Å². The van der Waals surface area contributed by atoms with E-state index in [0.29, 0.717) is 0 Å². The molecule has 0 heterocycles. The summed E-state index contributed by atoms with van der Waals surface area (Å²) in [5.41, 5.74) is 2.04. The van der Waals surface area contributed by atoms with Crippen LogP contribution in [-0.2, 0) is 11.3 Å². The number of aliphatic hydroxyl groups excluding tert-OH is 1. The van der Waals surface area contributed by atoms with Crippen LogP contribution in [0.15, 0.2) is 24.3 Å². The lowest BCUT2D eigenvalue weighted by Gasteiger charge is -2.21. The van der Waals surface area contributed by atoms with Gasteiger partial charge in [-0.15, -0.1) is 0 Å². The lowest BCUT2D eigenvalue weighted by Crippen LogP contribution is -2.20. The number of carbonyl (C=O) groups is 1. The average molecular weight is 278 g/mol. The third kappa shape index (κ3) is 6.68. The highest BCUT2D eigenvalue weighted by molar-refractivity contribution is 5.88. The smallest absolute Gasteiger partial charge is 0.221 e. The molecular formula is C16H26N2O2. The first-order valence-electron chi connectivity index (χ1n) is 7.11. The summed E-state index contributed by atoms with van der Waals surface area (Å²) in [6.45, 7) is 7.65. The van der Waals surface area contributed by atoms with Gasteiger partial charge in [0.1, 0.15) is 0 Å². The zero-order chi connectivity index (χ0) is 15.0. The van der Waals surface area contributed by atoms with Crippen LogP contribution >= 0.6 is 0 Å². The summed E-state index contributed by atoms with van der Waals surface area (Å²) in [5.74, 6) is -0.0534. The number of hydrogen-bond donors (Lipinski definition) is 3. The molecule has 3 N–H and O–H groups in total. The number of nitrogens with one attached hydrogen (secondary N) is 2. The predicted molar refractivity (Wildman–Crippen MR) is 82.6 cm³/mol. The van der Waals surface area contributed by atoms with Crippen LogP contribution < -0.4 is 10.6 Å². The van der Waals surface area contributed by atoms with Crippen LogP contribution in [0, 0.1) is 5.41 Å². The van der Waals surface area contributed by atoms with Crippen LogP contribution in [0.5, 0.6) is 0 Å². The number of anilines is 1. The van der Waals surface area contributed by atoms with Crippen LogP contribution in [0.1, 0.15) is 39.2 Å². The van der Waals surface area contributed by atoms with Gasteiger partial charge in [-0.05, 0) is 42.5 Å². The molecule has 0 bridgehead atoms. The molecule has 0 aliphatic carbocycles. The lowest BCUT2D eigenvalue weighted by atomic mass is 9.89. The quantitative estimate of drug-likeness (QED) is 0.640. The molecule has 4 heteroatoms. The summed E-state index contributed by atoms with van der Waals surface area (Å²) in [6.07, 6.45) is 2.06. The number of amides is 1. The first-order valence-corrected chi connectivity index (χ1v) is 7.11. The van der Waals surface area contributed by atoms with E-state index < -0.39 is 0 Å². The maximum atomic E-state index is 10.9. The van der Waals surface area contributed by atoms with Crippen molar-refractivity contribution in [1.82, 2.24) is 5.32 Å². The number of carbonyl (C=O) groups excluding carboxylic acids is 1. The van der Waals surface area contributed by atoms with Gasteiger partial charge in [-0.2, -0.15) is 0 Å². The minimum atomic E-state index is -0.0534. The Hall–Kier alpha value is -1.39. The van der Waals surface area contributed by atoms with Crippen molar-refractivity contribution in [3.63, 3.8) is 0 Å². The van der Waals surface area contributed by atoms with E-state index in [1.165, 1.54) is 12.5 Å². The second-order valence-corrected chi connectivity index (χ2v) is 5.98. The first-order chi connectivity index (χ1) is 9.43. The molecule has 0 atom stereocenters. The van der Waals surface area contributed by atoms with Gasteiger partial charge in [0.25, 0.3) is 0 Å². The van der Waals surface area contributed by atoms with E-state index in [-0.39, 0.29) is 17.9 Å². The Morgan fingerprint density at radius 2 is 1.90 bits per heavy atom. The molecule has 0 aromatic heterocycles. The molecule has 1 rings (SSSR count). The molecule has 0 radical (unpaired) electrons. The van der Waals surface area contributed by atoms with Crippen molar-refractivity contribution in [1.29, 1.82) is 0 Å². The van der Waals surface area contributed by atoms with E-state index in [2.05, 4.69) is 24.5 Å². The molecule has 1 aromatic rings. The van der Waals surface area contributed by atoms with Gasteiger partial charge in [0.05, 0.1) is 0 Å². The van der Waals surface area contributed by atoms with Gasteiger partial charge in [0.2, 0.25) is 5.91 Å². The highest BCUT2D eigenvalue weighted by Gasteiger charge is 2.14. The molecule has 0 fully saturated rings. The van der Waals surface area contributed by atoms with Crippen LogP contribution in [0.2, 0.25) is 0 Å². The van der Waals surface area contributed by atoms with Gasteiger partial charge in [-0.1, -0.05) is 26.0 Å². The Labute approximate surface area is 121 Å². The van der Waals surface area contributed by atoms with Gasteiger partial charge >= 0.3 is 0 Å². The van der Waals surface area contributed by atoms with Crippen LogP contribution in [0.3, 0.4) is 0 Å². The van der Waals surface area contributed by atoms with Crippen molar-refractivity contribution in [2.75, 3.05) is 18.5 Å². The maximum absolute atomic E-state index is 10.9. The molecule has 112 valence electrons. The van der Waals surface area contributed by atoms with Gasteiger partial charge in [0.15, 0.2) is 0 Å². The van der Waals surface area contributed by atoms with E-state index in [1.807, 2.05) is 24.3 Å². The molecule has 0 unspecified atom stereocenters. The topological polar surface area (TPSA) is 61.4 Å². The Morgan fingerprint density at radius 1 is 1.25 bits per heavy atom. The summed E-state index contributed by atoms with van der Waals surface area (Å²) < 4.78 is 0. The fourth-order valence-corrected chi connectivity index (χ4v) is 1.91. The summed E-state index contributed by atoms with van der Waals surface area (Å²) in [6, 6.07) is 7.84. The van der Waals surface area contributed by atoms with Crippen LogP contribution in [0.4, 0.5) is 5.69 Å². The van der Waals surface area contributed by atoms with Gasteiger partial charge in [-0.3, -0.25) is 4.79 Å². The molecule has 1 aromatic carbocycles. The average Bonchev–Trinajstić information content (AvgIpc) is 2.39. The number of aliphatic hydroxyl groups is 1. The number of hydrogen-bond acceptors (Lipinski definition) is 3. The lowest BCUT2D eigenvalue weighted by molar-refractivity contribution is -0.114. The van der Waals surface area contributed by atoms with Crippen LogP contribution in [-0.4, -0.2) is 24.2 Å². The molecule has 0 aliphatic rings. The summed E-state index contributed by atoms with van der Waals surface area (Å²) in [4.78, 5) is 10.9. The fourth-order valence-electron chi connectivity index (χ4n) is 1.91. The zero-order valence-corrected chi connectivity index (χ0v) is 12.7. The molecular weight excluding hydrogens is 252 g/mol. The molecule has 0 saturated carbocycles. The van der Waals surface area contributed by atoms with E-state index in [9.17, 15) is 4.79 Å². The van der Waals surface area contributed by atoms with E-state index >= 15 is 0 Å². The van der Waals surface area contributed by atoms with Crippen molar-refractivity contribution < 1.29 is 9.90 Å². The SMILES string of the molecule is CC(=O)Nc1ccc(CNCCCC(C)(C)CO)cc1. The second-order valence-electron chi connectivity index (χ2n) is 5.98. The van der Waals surface area contributed by atoms with Gasteiger partial charge < -0.3 is 15.7 Å². The largest absolute Gasteiger partial charge is 0.396 e. The Morgan fingerprint density at radius 3 is 2.45 bits per heavy atom. The summed E-state index contributed by atoms with van der Waals surface area (Å²) in [5, 5.41) is 15.3. The van der Waals surface area contributed by atoms with Gasteiger partial charge in [-0.25, -0.2) is 0 Å². The second kappa shape index (κ2) is 8.02. The predicted octanol–water partition coefficient (Wildman–Crippen LogP) is 2.53. The normalized spacial score (nSPS) is 11.4. The highest BCUT2D eigenvalue weighted by Crippen LogP contribution is 2.20.